The van der Waals surface area contributed by atoms with E-state index in [1.54, 1.807) is 13.8 Å². The summed E-state index contributed by atoms with van der Waals surface area (Å²) >= 11 is 0. The van der Waals surface area contributed by atoms with E-state index in [1.165, 1.54) is 0 Å². The van der Waals surface area contributed by atoms with Crippen LogP contribution in [0.4, 0.5) is 0 Å². The highest BCUT2D eigenvalue weighted by atomic mass is 32.2. The lowest BCUT2D eigenvalue weighted by atomic mass is 10.2. The van der Waals surface area contributed by atoms with E-state index in [4.69, 9.17) is 0 Å². The van der Waals surface area contributed by atoms with Gasteiger partial charge in [0.25, 0.3) is 0 Å². The maximum atomic E-state index is 11.6. The summed E-state index contributed by atoms with van der Waals surface area (Å²) in [7, 11) is 1.01. The zero-order valence-electron chi connectivity index (χ0n) is 11.2. The van der Waals surface area contributed by atoms with Crippen LogP contribution < -0.4 is 5.32 Å². The number of hydrogen-bond acceptors (Lipinski definition) is 4. The Hall–Kier alpha value is -0.130. The average Bonchev–Trinajstić information content (AvgIpc) is 2.15. The maximum absolute atomic E-state index is 11.6. The topological polar surface area (TPSA) is 49.4 Å². The van der Waals surface area contributed by atoms with Crippen molar-refractivity contribution in [1.82, 2.24) is 10.2 Å². The molecule has 0 aromatic carbocycles. The summed E-state index contributed by atoms with van der Waals surface area (Å²) in [6.07, 6.45) is 0. The molecule has 0 aliphatic carbocycles. The molecule has 0 aromatic heterocycles. The Balaban J connectivity index is 3.94. The molecule has 5 heteroatoms. The molecule has 0 bridgehead atoms. The largest absolute Gasteiger partial charge is 0.319 e. The lowest BCUT2D eigenvalue weighted by molar-refractivity contribution is 0.297. The predicted molar refractivity (Wildman–Crippen MR) is 69.5 cm³/mol. The third-order valence-electron chi connectivity index (χ3n) is 2.65. The van der Waals surface area contributed by atoms with Gasteiger partial charge in [0.05, 0.1) is 11.0 Å². The Morgan fingerprint density at radius 3 is 2.25 bits per heavy atom. The van der Waals surface area contributed by atoms with Crippen LogP contribution in [0.15, 0.2) is 0 Å². The standard InChI is InChI=1S/C11H26N2O2S/c1-10(2)16(14,15)7-6-13(5)9-11(3)8-12-4/h10-12H,6-9H2,1-5H3. The van der Waals surface area contributed by atoms with Gasteiger partial charge >= 0.3 is 0 Å². The fourth-order valence-electron chi connectivity index (χ4n) is 1.56. The van der Waals surface area contributed by atoms with Crippen LogP contribution in [0.3, 0.4) is 0 Å². The highest BCUT2D eigenvalue weighted by Crippen LogP contribution is 2.02. The summed E-state index contributed by atoms with van der Waals surface area (Å²) in [6.45, 7) is 8.13. The second-order valence-corrected chi connectivity index (χ2v) is 7.52. The van der Waals surface area contributed by atoms with E-state index in [1.807, 2.05) is 14.1 Å². The highest BCUT2D eigenvalue weighted by Gasteiger charge is 2.17. The van der Waals surface area contributed by atoms with E-state index in [-0.39, 0.29) is 11.0 Å². The Morgan fingerprint density at radius 1 is 1.25 bits per heavy atom. The van der Waals surface area contributed by atoms with Crippen LogP contribution in [0, 0.1) is 5.92 Å². The zero-order chi connectivity index (χ0) is 12.8. The average molecular weight is 250 g/mol. The SMILES string of the molecule is CNCC(C)CN(C)CCS(=O)(=O)C(C)C. The molecule has 0 heterocycles. The Bertz CT molecular complexity index is 276. The van der Waals surface area contributed by atoms with Crippen molar-refractivity contribution in [2.45, 2.75) is 26.0 Å². The molecule has 0 fully saturated rings. The number of rotatable bonds is 8. The summed E-state index contributed by atoms with van der Waals surface area (Å²) in [5.41, 5.74) is 0. The predicted octanol–water partition coefficient (Wildman–Crippen LogP) is 0.597. The quantitative estimate of drug-likeness (QED) is 0.685. The van der Waals surface area contributed by atoms with Crippen LogP contribution in [0.5, 0.6) is 0 Å². The van der Waals surface area contributed by atoms with Crippen LogP contribution in [-0.2, 0) is 9.84 Å². The summed E-state index contributed by atoms with van der Waals surface area (Å²) in [6, 6.07) is 0. The van der Waals surface area contributed by atoms with E-state index in [2.05, 4.69) is 17.1 Å². The molecule has 0 aromatic rings. The van der Waals surface area contributed by atoms with E-state index in [9.17, 15) is 8.42 Å². The molecule has 0 aliphatic heterocycles. The number of hydrogen-bond donors (Lipinski definition) is 1. The summed E-state index contributed by atoms with van der Waals surface area (Å²) in [5.74, 6) is 0.796. The third-order valence-corrected chi connectivity index (χ3v) is 4.84. The minimum absolute atomic E-state index is 0.257. The first-order chi connectivity index (χ1) is 7.29. The van der Waals surface area contributed by atoms with Crippen molar-refractivity contribution in [2.24, 2.45) is 5.92 Å². The molecule has 1 atom stereocenters. The molecule has 0 amide bonds. The van der Waals surface area contributed by atoms with Gasteiger partial charge in [-0.05, 0) is 40.4 Å². The van der Waals surface area contributed by atoms with E-state index in [0.29, 0.717) is 12.5 Å². The van der Waals surface area contributed by atoms with Crippen LogP contribution >= 0.6 is 0 Å². The molecule has 0 spiro atoms. The first-order valence-electron chi connectivity index (χ1n) is 5.84. The van der Waals surface area contributed by atoms with Gasteiger partial charge in [-0.3, -0.25) is 0 Å². The fourth-order valence-corrected chi connectivity index (χ4v) is 2.59. The van der Waals surface area contributed by atoms with Gasteiger partial charge in [-0.25, -0.2) is 8.42 Å². The fraction of sp³-hybridized carbons (Fsp3) is 1.00. The number of nitrogens with one attached hydrogen (secondary N) is 1. The van der Waals surface area contributed by atoms with Crippen molar-refractivity contribution < 1.29 is 8.42 Å². The monoisotopic (exact) mass is 250 g/mol. The second-order valence-electron chi connectivity index (χ2n) is 4.84. The van der Waals surface area contributed by atoms with E-state index in [0.717, 1.165) is 13.1 Å². The molecular formula is C11H26N2O2S. The molecule has 1 unspecified atom stereocenters. The van der Waals surface area contributed by atoms with Gasteiger partial charge in [0.2, 0.25) is 0 Å². The molecule has 0 saturated carbocycles. The minimum Gasteiger partial charge on any atom is -0.319 e. The first kappa shape index (κ1) is 15.9. The molecule has 98 valence electrons. The molecular weight excluding hydrogens is 224 g/mol. The lowest BCUT2D eigenvalue weighted by Gasteiger charge is -2.21. The Kier molecular flexibility index (Phi) is 7.19. The molecule has 4 nitrogen and oxygen atoms in total. The van der Waals surface area contributed by atoms with Gasteiger partial charge in [0, 0.05) is 13.1 Å². The number of nitrogens with zero attached hydrogens (tertiary/aromatic N) is 1. The van der Waals surface area contributed by atoms with Crippen molar-refractivity contribution in [3.8, 4) is 0 Å². The van der Waals surface area contributed by atoms with Crippen molar-refractivity contribution >= 4 is 9.84 Å². The molecule has 1 N–H and O–H groups in total. The molecule has 16 heavy (non-hydrogen) atoms. The van der Waals surface area contributed by atoms with Crippen LogP contribution in [-0.4, -0.2) is 58.1 Å². The van der Waals surface area contributed by atoms with Crippen LogP contribution in [0.1, 0.15) is 20.8 Å². The Labute approximate surface area is 100 Å². The van der Waals surface area contributed by atoms with Crippen LogP contribution in [0.25, 0.3) is 0 Å². The molecule has 0 saturated heterocycles. The number of sulfone groups is 1. The van der Waals surface area contributed by atoms with Crippen LogP contribution in [0.2, 0.25) is 0 Å². The van der Waals surface area contributed by atoms with E-state index < -0.39 is 9.84 Å². The lowest BCUT2D eigenvalue weighted by Crippen LogP contribution is -2.34. The minimum atomic E-state index is -2.90. The van der Waals surface area contributed by atoms with Crippen molar-refractivity contribution in [3.63, 3.8) is 0 Å². The highest BCUT2D eigenvalue weighted by molar-refractivity contribution is 7.92. The second kappa shape index (κ2) is 7.25. The van der Waals surface area contributed by atoms with Gasteiger partial charge in [0.15, 0.2) is 9.84 Å². The van der Waals surface area contributed by atoms with Gasteiger partial charge in [-0.1, -0.05) is 6.92 Å². The smallest absolute Gasteiger partial charge is 0.153 e. The molecule has 0 rings (SSSR count). The molecule has 0 radical (unpaired) electrons. The van der Waals surface area contributed by atoms with Gasteiger partial charge in [-0.15, -0.1) is 0 Å². The zero-order valence-corrected chi connectivity index (χ0v) is 12.0. The summed E-state index contributed by atoms with van der Waals surface area (Å²) in [4.78, 5) is 2.09. The van der Waals surface area contributed by atoms with Crippen molar-refractivity contribution in [3.05, 3.63) is 0 Å². The Morgan fingerprint density at radius 2 is 1.81 bits per heavy atom. The van der Waals surface area contributed by atoms with Crippen molar-refractivity contribution in [2.75, 3.05) is 39.5 Å². The molecule has 0 aliphatic rings. The third kappa shape index (κ3) is 6.45. The van der Waals surface area contributed by atoms with Gasteiger partial charge in [0.1, 0.15) is 0 Å². The van der Waals surface area contributed by atoms with Gasteiger partial charge in [-0.2, -0.15) is 0 Å². The maximum Gasteiger partial charge on any atom is 0.153 e. The summed E-state index contributed by atoms with van der Waals surface area (Å²) < 4.78 is 23.2. The summed E-state index contributed by atoms with van der Waals surface area (Å²) in [5, 5.41) is 2.85. The normalized spacial score (nSPS) is 14.7. The van der Waals surface area contributed by atoms with Gasteiger partial charge < -0.3 is 10.2 Å². The first-order valence-corrected chi connectivity index (χ1v) is 7.55. The van der Waals surface area contributed by atoms with E-state index >= 15 is 0 Å². The van der Waals surface area contributed by atoms with Crippen molar-refractivity contribution in [1.29, 1.82) is 0 Å².